The molecule has 1 aromatic carbocycles. The summed E-state index contributed by atoms with van der Waals surface area (Å²) in [6.45, 7) is 4.11. The van der Waals surface area contributed by atoms with Crippen LogP contribution in [-0.4, -0.2) is 62.7 Å². The molecule has 0 saturated carbocycles. The lowest BCUT2D eigenvalue weighted by molar-refractivity contribution is -0.139. The quantitative estimate of drug-likeness (QED) is 0.538. The molecule has 1 aliphatic rings. The van der Waals surface area contributed by atoms with Gasteiger partial charge in [0.1, 0.15) is 5.75 Å². The Labute approximate surface area is 170 Å². The van der Waals surface area contributed by atoms with E-state index < -0.39 is 12.0 Å². The van der Waals surface area contributed by atoms with Gasteiger partial charge in [-0.15, -0.1) is 0 Å². The molecule has 0 spiro atoms. The number of amides is 3. The van der Waals surface area contributed by atoms with Crippen LogP contribution < -0.4 is 20.7 Å². The lowest BCUT2D eigenvalue weighted by Gasteiger charge is -2.30. The third-order valence-electron chi connectivity index (χ3n) is 4.34. The molecular weight excluding hydrogens is 376 g/mol. The molecule has 0 bridgehead atoms. The van der Waals surface area contributed by atoms with Crippen molar-refractivity contribution in [2.45, 2.75) is 26.3 Å². The maximum absolute atomic E-state index is 12.4. The Kier molecular flexibility index (Phi) is 8.02. The van der Waals surface area contributed by atoms with Crippen molar-refractivity contribution in [3.63, 3.8) is 0 Å². The molecule has 0 aromatic heterocycles. The lowest BCUT2D eigenvalue weighted by Crippen LogP contribution is -2.52. The summed E-state index contributed by atoms with van der Waals surface area (Å²) in [4.78, 5) is 38.4. The van der Waals surface area contributed by atoms with Gasteiger partial charge in [-0.25, -0.2) is 9.59 Å². The monoisotopic (exact) mass is 404 g/mol. The van der Waals surface area contributed by atoms with E-state index in [2.05, 4.69) is 16.0 Å². The van der Waals surface area contributed by atoms with Crippen molar-refractivity contribution >= 4 is 23.6 Å². The van der Waals surface area contributed by atoms with Gasteiger partial charge in [-0.3, -0.25) is 9.69 Å². The highest BCUT2D eigenvalue weighted by atomic mass is 16.5. The number of nitrogens with zero attached hydrogens (tertiary/aromatic N) is 1. The van der Waals surface area contributed by atoms with E-state index in [9.17, 15) is 14.4 Å². The fourth-order valence-electron chi connectivity index (χ4n) is 3.06. The van der Waals surface area contributed by atoms with Crippen LogP contribution >= 0.6 is 0 Å². The number of esters is 1. The zero-order chi connectivity index (χ0) is 21.4. The summed E-state index contributed by atoms with van der Waals surface area (Å²) < 4.78 is 10.3. The topological polar surface area (TPSA) is 109 Å². The fourth-order valence-corrected chi connectivity index (χ4v) is 3.06. The van der Waals surface area contributed by atoms with Crippen LogP contribution in [0, 0.1) is 0 Å². The van der Waals surface area contributed by atoms with E-state index in [1.54, 1.807) is 50.2 Å². The van der Waals surface area contributed by atoms with E-state index in [1.807, 2.05) is 6.92 Å². The van der Waals surface area contributed by atoms with Gasteiger partial charge in [0.25, 0.3) is 0 Å². The van der Waals surface area contributed by atoms with Gasteiger partial charge in [-0.1, -0.05) is 13.0 Å². The third-order valence-corrected chi connectivity index (χ3v) is 4.34. The average molecular weight is 404 g/mol. The first-order valence-corrected chi connectivity index (χ1v) is 9.48. The number of carbonyl (C=O) groups excluding carboxylic acids is 3. The average Bonchev–Trinajstić information content (AvgIpc) is 2.67. The highest BCUT2D eigenvalue weighted by Crippen LogP contribution is 2.18. The Balaban J connectivity index is 2.08. The van der Waals surface area contributed by atoms with Crippen molar-refractivity contribution in [1.82, 2.24) is 15.5 Å². The van der Waals surface area contributed by atoms with Gasteiger partial charge in [0.05, 0.1) is 31.9 Å². The summed E-state index contributed by atoms with van der Waals surface area (Å²) in [7, 11) is 3.29. The van der Waals surface area contributed by atoms with E-state index >= 15 is 0 Å². The highest BCUT2D eigenvalue weighted by molar-refractivity contribution is 5.95. The minimum atomic E-state index is -0.476. The zero-order valence-corrected chi connectivity index (χ0v) is 17.2. The summed E-state index contributed by atoms with van der Waals surface area (Å²) >= 11 is 0. The second-order valence-corrected chi connectivity index (χ2v) is 6.62. The van der Waals surface area contributed by atoms with E-state index in [0.29, 0.717) is 29.1 Å². The standard InChI is InChI=1S/C20H28N4O5/c1-5-15-18(19(26)29-6-2)16(23-20(27)22-15)11-24(3)12-17(25)21-13-8-7-9-14(10-13)28-4/h7-10,15H,5-6,11-12H2,1-4H3,(H,21,25)(H2,22,23,27)/t15-/m0/s1. The molecule has 1 aromatic rings. The van der Waals surface area contributed by atoms with Gasteiger partial charge in [-0.2, -0.15) is 0 Å². The SMILES string of the molecule is CCOC(=O)C1=C(CN(C)CC(=O)Nc2cccc(OC)c2)NC(=O)N[C@H]1CC. The van der Waals surface area contributed by atoms with Gasteiger partial charge in [-0.05, 0) is 32.5 Å². The van der Waals surface area contributed by atoms with Gasteiger partial charge in [0, 0.05) is 24.0 Å². The van der Waals surface area contributed by atoms with Gasteiger partial charge < -0.3 is 25.4 Å². The van der Waals surface area contributed by atoms with Crippen molar-refractivity contribution in [2.24, 2.45) is 0 Å². The molecule has 0 saturated heterocycles. The minimum absolute atomic E-state index is 0.0664. The Bertz CT molecular complexity index is 793. The van der Waals surface area contributed by atoms with Crippen LogP contribution in [-0.2, 0) is 14.3 Å². The van der Waals surface area contributed by atoms with E-state index in [0.717, 1.165) is 0 Å². The number of methoxy groups -OCH3 is 1. The van der Waals surface area contributed by atoms with E-state index in [-0.39, 0.29) is 31.6 Å². The number of urea groups is 1. The van der Waals surface area contributed by atoms with Crippen molar-refractivity contribution in [2.75, 3.05) is 39.2 Å². The molecule has 9 nitrogen and oxygen atoms in total. The third kappa shape index (κ3) is 6.21. The van der Waals surface area contributed by atoms with Crippen LogP contribution in [0.3, 0.4) is 0 Å². The molecule has 3 amide bonds. The second kappa shape index (κ2) is 10.5. The normalized spacial score (nSPS) is 16.2. The maximum atomic E-state index is 12.4. The van der Waals surface area contributed by atoms with Crippen LogP contribution in [0.2, 0.25) is 0 Å². The van der Waals surface area contributed by atoms with Crippen LogP contribution in [0.4, 0.5) is 10.5 Å². The van der Waals surface area contributed by atoms with E-state index in [4.69, 9.17) is 9.47 Å². The fraction of sp³-hybridized carbons (Fsp3) is 0.450. The summed E-state index contributed by atoms with van der Waals surface area (Å²) in [6, 6.07) is 6.24. The summed E-state index contributed by atoms with van der Waals surface area (Å²) in [5.74, 6) is -0.0640. The summed E-state index contributed by atoms with van der Waals surface area (Å²) in [5.41, 5.74) is 1.44. The smallest absolute Gasteiger partial charge is 0.337 e. The number of rotatable bonds is 9. The van der Waals surface area contributed by atoms with Crippen molar-refractivity contribution in [3.8, 4) is 5.75 Å². The molecule has 0 fully saturated rings. The molecule has 158 valence electrons. The summed E-state index contributed by atoms with van der Waals surface area (Å²) in [5, 5.41) is 8.20. The molecule has 0 unspecified atom stereocenters. The van der Waals surface area contributed by atoms with Gasteiger partial charge >= 0.3 is 12.0 Å². The zero-order valence-electron chi connectivity index (χ0n) is 17.2. The molecule has 1 aliphatic heterocycles. The van der Waals surface area contributed by atoms with Gasteiger partial charge in [0.15, 0.2) is 0 Å². The second-order valence-electron chi connectivity index (χ2n) is 6.62. The largest absolute Gasteiger partial charge is 0.497 e. The van der Waals surface area contributed by atoms with Gasteiger partial charge in [0.2, 0.25) is 5.91 Å². The van der Waals surface area contributed by atoms with Crippen LogP contribution in [0.1, 0.15) is 20.3 Å². The first-order valence-electron chi connectivity index (χ1n) is 9.48. The predicted molar refractivity (Wildman–Crippen MR) is 109 cm³/mol. The molecular formula is C20H28N4O5. The molecule has 1 atom stereocenters. The van der Waals surface area contributed by atoms with Crippen molar-refractivity contribution < 1.29 is 23.9 Å². The number of anilines is 1. The number of benzene rings is 1. The Morgan fingerprint density at radius 3 is 2.69 bits per heavy atom. The molecule has 1 heterocycles. The Morgan fingerprint density at radius 1 is 1.28 bits per heavy atom. The van der Waals surface area contributed by atoms with Crippen LogP contribution in [0.15, 0.2) is 35.5 Å². The molecule has 0 aliphatic carbocycles. The number of hydrogen-bond acceptors (Lipinski definition) is 6. The predicted octanol–water partition coefficient (Wildman–Crippen LogP) is 1.47. The number of ether oxygens (including phenoxy) is 2. The number of hydrogen-bond donors (Lipinski definition) is 3. The molecule has 2 rings (SSSR count). The van der Waals surface area contributed by atoms with Crippen LogP contribution in [0.25, 0.3) is 0 Å². The molecule has 0 radical (unpaired) electrons. The Hall–Kier alpha value is -3.07. The summed E-state index contributed by atoms with van der Waals surface area (Å²) in [6.07, 6.45) is 0.547. The van der Waals surface area contributed by atoms with Crippen molar-refractivity contribution in [3.05, 3.63) is 35.5 Å². The maximum Gasteiger partial charge on any atom is 0.337 e. The molecule has 29 heavy (non-hydrogen) atoms. The van der Waals surface area contributed by atoms with Crippen molar-refractivity contribution in [1.29, 1.82) is 0 Å². The number of carbonyl (C=O) groups is 3. The van der Waals surface area contributed by atoms with E-state index in [1.165, 1.54) is 0 Å². The Morgan fingerprint density at radius 2 is 2.03 bits per heavy atom. The first-order chi connectivity index (χ1) is 13.9. The minimum Gasteiger partial charge on any atom is -0.497 e. The number of nitrogens with one attached hydrogen (secondary N) is 3. The number of likely N-dealkylation sites (N-methyl/N-ethyl adjacent to an activating group) is 1. The molecule has 9 heteroatoms. The highest BCUT2D eigenvalue weighted by Gasteiger charge is 2.31. The van der Waals surface area contributed by atoms with Crippen LogP contribution in [0.5, 0.6) is 5.75 Å². The molecule has 3 N–H and O–H groups in total. The first kappa shape index (κ1) is 22.2. The lowest BCUT2D eigenvalue weighted by atomic mass is 10.00.